The highest BCUT2D eigenvalue weighted by Crippen LogP contribution is 2.30. The molecule has 0 saturated heterocycles. The molecule has 0 aliphatic carbocycles. The Balaban J connectivity index is 2.55. The minimum absolute atomic E-state index is 0.262. The number of rotatable bonds is 2. The van der Waals surface area contributed by atoms with E-state index < -0.39 is 0 Å². The lowest BCUT2D eigenvalue weighted by molar-refractivity contribution is 0.631. The average Bonchev–Trinajstić information content (AvgIpc) is 2.33. The number of benzene rings is 2. The fraction of sp³-hybridized carbons (Fsp3) is 0.0714. The van der Waals surface area contributed by atoms with Crippen LogP contribution in [0.5, 0.6) is 0 Å². The van der Waals surface area contributed by atoms with Crippen molar-refractivity contribution < 1.29 is 4.39 Å². The van der Waals surface area contributed by atoms with Crippen LogP contribution in [0.15, 0.2) is 42.5 Å². The topological polar surface area (TPSA) is 23.8 Å². The van der Waals surface area contributed by atoms with E-state index in [9.17, 15) is 4.39 Å². The maximum Gasteiger partial charge on any atom is 0.131 e. The Morgan fingerprint density at radius 3 is 2.59 bits per heavy atom. The van der Waals surface area contributed by atoms with Crippen LogP contribution in [0, 0.1) is 17.1 Å². The highest BCUT2D eigenvalue weighted by molar-refractivity contribution is 6.33. The van der Waals surface area contributed by atoms with Crippen molar-refractivity contribution in [2.75, 3.05) is 0 Å². The van der Waals surface area contributed by atoms with Crippen LogP contribution in [0.3, 0.4) is 0 Å². The molecule has 0 bridgehead atoms. The van der Waals surface area contributed by atoms with Gasteiger partial charge in [0.15, 0.2) is 0 Å². The molecule has 0 saturated carbocycles. The molecule has 0 amide bonds. The molecule has 0 aliphatic rings. The Morgan fingerprint density at radius 1 is 1.12 bits per heavy atom. The van der Waals surface area contributed by atoms with Gasteiger partial charge in [-0.3, -0.25) is 0 Å². The van der Waals surface area contributed by atoms with E-state index >= 15 is 0 Å². The van der Waals surface area contributed by atoms with Gasteiger partial charge in [-0.25, -0.2) is 4.39 Å². The van der Waals surface area contributed by atoms with E-state index in [1.807, 2.05) is 6.07 Å². The van der Waals surface area contributed by atoms with Gasteiger partial charge in [-0.05, 0) is 23.8 Å². The highest BCUT2D eigenvalue weighted by Gasteiger charge is 2.09. The molecule has 1 nitrogen and oxygen atoms in total. The zero-order chi connectivity index (χ0) is 12.3. The van der Waals surface area contributed by atoms with Crippen LogP contribution in [0.2, 0.25) is 5.02 Å². The average molecular weight is 246 g/mol. The van der Waals surface area contributed by atoms with E-state index in [-0.39, 0.29) is 12.2 Å². The Kier molecular flexibility index (Phi) is 3.41. The van der Waals surface area contributed by atoms with Gasteiger partial charge in [0.25, 0.3) is 0 Å². The van der Waals surface area contributed by atoms with Gasteiger partial charge in [-0.1, -0.05) is 35.9 Å². The van der Waals surface area contributed by atoms with Gasteiger partial charge in [0.2, 0.25) is 0 Å². The van der Waals surface area contributed by atoms with E-state index in [2.05, 4.69) is 0 Å². The van der Waals surface area contributed by atoms with Crippen molar-refractivity contribution in [1.82, 2.24) is 0 Å². The molecule has 3 heteroatoms. The van der Waals surface area contributed by atoms with Gasteiger partial charge in [0.1, 0.15) is 5.82 Å². The van der Waals surface area contributed by atoms with Crippen LogP contribution >= 0.6 is 11.6 Å². The third-order valence-electron chi connectivity index (χ3n) is 2.48. The first-order valence-electron chi connectivity index (χ1n) is 5.12. The van der Waals surface area contributed by atoms with Gasteiger partial charge in [-0.2, -0.15) is 5.26 Å². The van der Waals surface area contributed by atoms with Gasteiger partial charge in [0.05, 0.1) is 12.5 Å². The van der Waals surface area contributed by atoms with Crippen LogP contribution in [0.25, 0.3) is 11.1 Å². The Hall–Kier alpha value is -1.85. The van der Waals surface area contributed by atoms with Crippen molar-refractivity contribution in [2.24, 2.45) is 0 Å². The van der Waals surface area contributed by atoms with Crippen molar-refractivity contribution in [1.29, 1.82) is 5.26 Å². The predicted molar refractivity (Wildman–Crippen MR) is 66.2 cm³/mol. The zero-order valence-corrected chi connectivity index (χ0v) is 9.71. The lowest BCUT2D eigenvalue weighted by Crippen LogP contribution is -1.89. The van der Waals surface area contributed by atoms with Crippen LogP contribution in [-0.4, -0.2) is 0 Å². The minimum Gasteiger partial charge on any atom is -0.206 e. The molecule has 17 heavy (non-hydrogen) atoms. The molecule has 0 heterocycles. The van der Waals surface area contributed by atoms with E-state index in [1.54, 1.807) is 36.4 Å². The maximum atomic E-state index is 13.7. The molecule has 0 fully saturated rings. The standard InChI is InChI=1S/C14H9ClFN/c15-13-4-2-1-3-11(13)12-9-10(7-8-17)5-6-14(12)16/h1-6,9H,7H2. The fourth-order valence-corrected chi connectivity index (χ4v) is 1.90. The second kappa shape index (κ2) is 4.99. The second-order valence-electron chi connectivity index (χ2n) is 3.63. The van der Waals surface area contributed by atoms with Gasteiger partial charge in [-0.15, -0.1) is 0 Å². The molecule has 84 valence electrons. The summed E-state index contributed by atoms with van der Waals surface area (Å²) in [6.45, 7) is 0. The third kappa shape index (κ3) is 2.46. The Morgan fingerprint density at radius 2 is 1.88 bits per heavy atom. The Bertz CT molecular complexity index is 587. The number of hydrogen-bond donors (Lipinski definition) is 0. The summed E-state index contributed by atoms with van der Waals surface area (Å²) in [6, 6.07) is 13.8. The summed E-state index contributed by atoms with van der Waals surface area (Å²) < 4.78 is 13.7. The van der Waals surface area contributed by atoms with E-state index in [0.717, 1.165) is 5.56 Å². The zero-order valence-electron chi connectivity index (χ0n) is 8.95. The lowest BCUT2D eigenvalue weighted by atomic mass is 10.0. The minimum atomic E-state index is -0.334. The molecule has 0 N–H and O–H groups in total. The summed E-state index contributed by atoms with van der Waals surface area (Å²) >= 11 is 6.03. The largest absolute Gasteiger partial charge is 0.206 e. The quantitative estimate of drug-likeness (QED) is 0.777. The molecule has 2 aromatic rings. The van der Waals surface area contributed by atoms with Crippen LogP contribution in [0.4, 0.5) is 4.39 Å². The van der Waals surface area contributed by atoms with Gasteiger partial charge in [0, 0.05) is 16.1 Å². The summed E-state index contributed by atoms with van der Waals surface area (Å²) in [5.41, 5.74) is 1.86. The van der Waals surface area contributed by atoms with Gasteiger partial charge >= 0.3 is 0 Å². The first-order chi connectivity index (χ1) is 8.22. The number of nitrogens with zero attached hydrogens (tertiary/aromatic N) is 1. The monoisotopic (exact) mass is 245 g/mol. The number of nitriles is 1. The maximum absolute atomic E-state index is 13.7. The van der Waals surface area contributed by atoms with Gasteiger partial charge < -0.3 is 0 Å². The first kappa shape index (κ1) is 11.6. The predicted octanol–water partition coefficient (Wildman–Crippen LogP) is 4.21. The van der Waals surface area contributed by atoms with Crippen molar-refractivity contribution in [3.63, 3.8) is 0 Å². The fourth-order valence-electron chi connectivity index (χ4n) is 1.66. The SMILES string of the molecule is N#CCc1ccc(F)c(-c2ccccc2Cl)c1. The number of halogens is 2. The van der Waals surface area contributed by atoms with E-state index in [4.69, 9.17) is 16.9 Å². The van der Waals surface area contributed by atoms with Crippen molar-refractivity contribution in [3.8, 4) is 17.2 Å². The van der Waals surface area contributed by atoms with Crippen LogP contribution in [-0.2, 0) is 6.42 Å². The summed E-state index contributed by atoms with van der Waals surface area (Å²) in [5.74, 6) is -0.334. The molecule has 0 unspecified atom stereocenters. The molecule has 0 aliphatic heterocycles. The molecule has 0 aromatic heterocycles. The molecule has 0 radical (unpaired) electrons. The smallest absolute Gasteiger partial charge is 0.131 e. The molecule has 2 aromatic carbocycles. The van der Waals surface area contributed by atoms with Crippen molar-refractivity contribution >= 4 is 11.6 Å². The second-order valence-corrected chi connectivity index (χ2v) is 4.04. The van der Waals surface area contributed by atoms with E-state index in [0.29, 0.717) is 16.1 Å². The summed E-state index contributed by atoms with van der Waals surface area (Å²) in [7, 11) is 0. The van der Waals surface area contributed by atoms with Crippen LogP contribution in [0.1, 0.15) is 5.56 Å². The first-order valence-corrected chi connectivity index (χ1v) is 5.50. The van der Waals surface area contributed by atoms with Crippen molar-refractivity contribution in [2.45, 2.75) is 6.42 Å². The van der Waals surface area contributed by atoms with Crippen molar-refractivity contribution in [3.05, 3.63) is 58.9 Å². The summed E-state index contributed by atoms with van der Waals surface area (Å²) in [4.78, 5) is 0. The normalized spacial score (nSPS) is 9.94. The number of hydrogen-bond acceptors (Lipinski definition) is 1. The van der Waals surface area contributed by atoms with Crippen LogP contribution < -0.4 is 0 Å². The van der Waals surface area contributed by atoms with E-state index in [1.165, 1.54) is 6.07 Å². The molecular formula is C14H9ClFN. The third-order valence-corrected chi connectivity index (χ3v) is 2.81. The molecule has 0 atom stereocenters. The highest BCUT2D eigenvalue weighted by atomic mass is 35.5. The molecular weight excluding hydrogens is 237 g/mol. The molecule has 2 rings (SSSR count). The summed E-state index contributed by atoms with van der Waals surface area (Å²) in [5, 5.41) is 9.14. The molecule has 0 spiro atoms. The Labute approximate surface area is 104 Å². The summed E-state index contributed by atoms with van der Waals surface area (Å²) in [6.07, 6.45) is 0.262. The lowest BCUT2D eigenvalue weighted by Gasteiger charge is -2.07.